The number of hydrogen-bond acceptors (Lipinski definition) is 2. The molecule has 0 spiro atoms. The normalized spacial score (nSPS) is 17.1. The number of aliphatic hydroxyl groups is 1. The minimum atomic E-state index is -4.78. The van der Waals surface area contributed by atoms with Crippen molar-refractivity contribution < 1.29 is 22.7 Å². The van der Waals surface area contributed by atoms with Crippen LogP contribution in [0.4, 0.5) is 17.6 Å². The lowest BCUT2D eigenvalue weighted by Crippen LogP contribution is -2.31. The van der Waals surface area contributed by atoms with Crippen LogP contribution < -0.4 is 5.73 Å². The van der Waals surface area contributed by atoms with Gasteiger partial charge in [-0.1, -0.05) is 26.3 Å². The van der Waals surface area contributed by atoms with Gasteiger partial charge in [0, 0.05) is 0 Å². The van der Waals surface area contributed by atoms with Crippen molar-refractivity contribution in [3.05, 3.63) is 35.1 Å². The highest BCUT2D eigenvalue weighted by Crippen LogP contribution is 2.33. The summed E-state index contributed by atoms with van der Waals surface area (Å²) in [6.07, 6.45) is -5.11. The van der Waals surface area contributed by atoms with E-state index in [-0.39, 0.29) is 11.5 Å². The minimum Gasteiger partial charge on any atom is -0.391 e. The number of aliphatic hydroxyl groups excluding tert-OH is 1. The van der Waals surface area contributed by atoms with E-state index in [4.69, 9.17) is 5.73 Å². The molecule has 0 radical (unpaired) electrons. The maximum atomic E-state index is 13.1. The van der Waals surface area contributed by atoms with Crippen molar-refractivity contribution in [2.75, 3.05) is 0 Å². The molecule has 108 valence electrons. The SMILES string of the molecule is CCC(C)[C@H](O)[C@H](N)c1ccc(F)c(C(F)(F)F)c1. The Morgan fingerprint density at radius 2 is 1.89 bits per heavy atom. The van der Waals surface area contributed by atoms with Crippen LogP contribution >= 0.6 is 0 Å². The lowest BCUT2D eigenvalue weighted by atomic mass is 9.91. The summed E-state index contributed by atoms with van der Waals surface area (Å²) in [5.74, 6) is -1.50. The van der Waals surface area contributed by atoms with Crippen LogP contribution in [0.25, 0.3) is 0 Å². The Balaban J connectivity index is 3.09. The molecule has 6 heteroatoms. The minimum absolute atomic E-state index is 0.0709. The van der Waals surface area contributed by atoms with Crippen LogP contribution in [0.5, 0.6) is 0 Å². The van der Waals surface area contributed by atoms with E-state index in [9.17, 15) is 22.7 Å². The first-order valence-electron chi connectivity index (χ1n) is 5.98. The molecule has 19 heavy (non-hydrogen) atoms. The molecule has 0 fully saturated rings. The molecule has 0 amide bonds. The Kier molecular flexibility index (Phi) is 4.92. The fourth-order valence-electron chi connectivity index (χ4n) is 1.76. The first kappa shape index (κ1) is 15.9. The molecule has 0 aliphatic rings. The predicted octanol–water partition coefficient (Wildman–Crippen LogP) is 3.25. The molecule has 1 aromatic carbocycles. The van der Waals surface area contributed by atoms with Crippen LogP contribution in [0.3, 0.4) is 0 Å². The van der Waals surface area contributed by atoms with Gasteiger partial charge in [-0.3, -0.25) is 0 Å². The molecule has 0 aromatic heterocycles. The summed E-state index contributed by atoms with van der Waals surface area (Å²) in [6.45, 7) is 3.59. The maximum Gasteiger partial charge on any atom is 0.419 e. The number of benzene rings is 1. The molecule has 1 aromatic rings. The number of rotatable bonds is 4. The zero-order valence-electron chi connectivity index (χ0n) is 10.7. The molecule has 0 heterocycles. The summed E-state index contributed by atoms with van der Waals surface area (Å²) in [7, 11) is 0. The third kappa shape index (κ3) is 3.67. The summed E-state index contributed by atoms with van der Waals surface area (Å²) >= 11 is 0. The van der Waals surface area contributed by atoms with E-state index >= 15 is 0 Å². The van der Waals surface area contributed by atoms with Crippen LogP contribution in [0, 0.1) is 11.7 Å². The van der Waals surface area contributed by atoms with Gasteiger partial charge in [0.2, 0.25) is 0 Å². The van der Waals surface area contributed by atoms with Gasteiger partial charge in [0.15, 0.2) is 0 Å². The Bertz CT molecular complexity index is 433. The first-order chi connectivity index (χ1) is 8.68. The third-order valence-corrected chi connectivity index (χ3v) is 3.28. The zero-order chi connectivity index (χ0) is 14.8. The van der Waals surface area contributed by atoms with Crippen molar-refractivity contribution in [3.63, 3.8) is 0 Å². The van der Waals surface area contributed by atoms with Gasteiger partial charge >= 0.3 is 6.18 Å². The Labute approximate surface area is 109 Å². The van der Waals surface area contributed by atoms with Crippen molar-refractivity contribution in [1.82, 2.24) is 0 Å². The third-order valence-electron chi connectivity index (χ3n) is 3.28. The van der Waals surface area contributed by atoms with Crippen molar-refractivity contribution >= 4 is 0 Å². The summed E-state index contributed by atoms with van der Waals surface area (Å²) < 4.78 is 50.9. The highest BCUT2D eigenvalue weighted by molar-refractivity contribution is 5.30. The van der Waals surface area contributed by atoms with Gasteiger partial charge in [0.25, 0.3) is 0 Å². The lowest BCUT2D eigenvalue weighted by Gasteiger charge is -2.24. The van der Waals surface area contributed by atoms with Gasteiger partial charge in [0.1, 0.15) is 5.82 Å². The fraction of sp³-hybridized carbons (Fsp3) is 0.538. The van der Waals surface area contributed by atoms with E-state index in [0.29, 0.717) is 12.5 Å². The second-order valence-corrected chi connectivity index (χ2v) is 4.64. The molecule has 0 saturated heterocycles. The zero-order valence-corrected chi connectivity index (χ0v) is 10.7. The Morgan fingerprint density at radius 3 is 2.37 bits per heavy atom. The first-order valence-corrected chi connectivity index (χ1v) is 5.98. The van der Waals surface area contributed by atoms with Gasteiger partial charge in [-0.15, -0.1) is 0 Å². The lowest BCUT2D eigenvalue weighted by molar-refractivity contribution is -0.140. The molecule has 1 unspecified atom stereocenters. The van der Waals surface area contributed by atoms with E-state index < -0.39 is 29.7 Å². The Morgan fingerprint density at radius 1 is 1.32 bits per heavy atom. The molecule has 3 atom stereocenters. The van der Waals surface area contributed by atoms with E-state index in [1.807, 2.05) is 6.92 Å². The van der Waals surface area contributed by atoms with Gasteiger partial charge in [0.05, 0.1) is 17.7 Å². The highest BCUT2D eigenvalue weighted by Gasteiger charge is 2.35. The van der Waals surface area contributed by atoms with Crippen molar-refractivity contribution in [2.24, 2.45) is 11.7 Å². The molecule has 2 nitrogen and oxygen atoms in total. The molecule has 0 aliphatic heterocycles. The van der Waals surface area contributed by atoms with E-state index in [1.165, 1.54) is 6.07 Å². The van der Waals surface area contributed by atoms with Gasteiger partial charge in [-0.2, -0.15) is 13.2 Å². The smallest absolute Gasteiger partial charge is 0.391 e. The second kappa shape index (κ2) is 5.88. The quantitative estimate of drug-likeness (QED) is 0.831. The predicted molar refractivity (Wildman–Crippen MR) is 63.8 cm³/mol. The van der Waals surface area contributed by atoms with Crippen molar-refractivity contribution in [1.29, 1.82) is 0 Å². The maximum absolute atomic E-state index is 13.1. The second-order valence-electron chi connectivity index (χ2n) is 4.64. The standard InChI is InChI=1S/C13H17F4NO/c1-3-7(2)12(19)11(18)8-4-5-10(14)9(6-8)13(15,16)17/h4-7,11-12,19H,3,18H2,1-2H3/t7?,11-,12+/m1/s1. The number of nitrogens with two attached hydrogens (primary N) is 1. The van der Waals surface area contributed by atoms with Crippen LogP contribution in [0.1, 0.15) is 37.4 Å². The molecular formula is C13H17F4NO. The van der Waals surface area contributed by atoms with Gasteiger partial charge in [-0.05, 0) is 23.6 Å². The van der Waals surface area contributed by atoms with Crippen molar-refractivity contribution in [3.8, 4) is 0 Å². The highest BCUT2D eigenvalue weighted by atomic mass is 19.4. The summed E-state index contributed by atoms with van der Waals surface area (Å²) in [4.78, 5) is 0. The number of halogens is 4. The number of alkyl halides is 3. The number of hydrogen-bond donors (Lipinski definition) is 2. The average Bonchev–Trinajstić information content (AvgIpc) is 2.35. The van der Waals surface area contributed by atoms with Gasteiger partial charge in [-0.25, -0.2) is 4.39 Å². The molecule has 0 aliphatic carbocycles. The topological polar surface area (TPSA) is 46.2 Å². The molecule has 1 rings (SSSR count). The molecule has 3 N–H and O–H groups in total. The summed E-state index contributed by atoms with van der Waals surface area (Å²) in [6, 6.07) is 1.57. The van der Waals surface area contributed by atoms with E-state index in [1.54, 1.807) is 6.92 Å². The van der Waals surface area contributed by atoms with Crippen LogP contribution in [0.2, 0.25) is 0 Å². The Hall–Kier alpha value is -1.14. The van der Waals surface area contributed by atoms with Crippen LogP contribution in [0.15, 0.2) is 18.2 Å². The molecule has 0 saturated carbocycles. The van der Waals surface area contributed by atoms with E-state index in [2.05, 4.69) is 0 Å². The largest absolute Gasteiger partial charge is 0.419 e. The van der Waals surface area contributed by atoms with Crippen LogP contribution in [-0.2, 0) is 6.18 Å². The fourth-order valence-corrected chi connectivity index (χ4v) is 1.76. The molecule has 0 bridgehead atoms. The van der Waals surface area contributed by atoms with Crippen LogP contribution in [-0.4, -0.2) is 11.2 Å². The molecular weight excluding hydrogens is 262 g/mol. The van der Waals surface area contributed by atoms with Gasteiger partial charge < -0.3 is 10.8 Å². The monoisotopic (exact) mass is 279 g/mol. The summed E-state index contributed by atoms with van der Waals surface area (Å²) in [5.41, 5.74) is 4.44. The van der Waals surface area contributed by atoms with Crippen molar-refractivity contribution in [2.45, 2.75) is 38.6 Å². The average molecular weight is 279 g/mol. The summed E-state index contributed by atoms with van der Waals surface area (Å²) in [5, 5.41) is 9.90. The van der Waals surface area contributed by atoms with E-state index in [0.717, 1.165) is 6.07 Å².